The summed E-state index contributed by atoms with van der Waals surface area (Å²) in [6.07, 6.45) is 1.93. The molecule has 136 valence electrons. The number of carbonyl (C=O) groups is 1. The van der Waals surface area contributed by atoms with Crippen molar-refractivity contribution in [3.05, 3.63) is 33.8 Å². The molecule has 1 heterocycles. The summed E-state index contributed by atoms with van der Waals surface area (Å²) in [4.78, 5) is 11.4. The minimum absolute atomic E-state index is 0.117. The van der Waals surface area contributed by atoms with Crippen LogP contribution in [-0.2, 0) is 14.1 Å². The van der Waals surface area contributed by atoms with Gasteiger partial charge in [0.05, 0.1) is 21.9 Å². The molecule has 1 aromatic carbocycles. The number of aryl methyl sites for hydroxylation is 1. The van der Waals surface area contributed by atoms with Gasteiger partial charge < -0.3 is 20.4 Å². The normalized spacial score (nSPS) is 19.2. The summed E-state index contributed by atoms with van der Waals surface area (Å²) in [7, 11) is -0.548. The Bertz CT molecular complexity index is 677. The van der Waals surface area contributed by atoms with Crippen LogP contribution >= 0.6 is 11.6 Å². The standard InChI is InChI=1S/C18H26BClN2O3/c1-11-7-13(9-15(20)16(11)21)8-14(10-22-12(2)23)19-24-17(3,4)18(5,6)25-19/h7-9H,10,21H2,1-6H3,(H,22,23). The molecule has 7 heteroatoms. The van der Waals surface area contributed by atoms with Crippen LogP contribution in [0.3, 0.4) is 0 Å². The largest absolute Gasteiger partial charge is 0.492 e. The Labute approximate surface area is 155 Å². The summed E-state index contributed by atoms with van der Waals surface area (Å²) in [6.45, 7) is 11.7. The van der Waals surface area contributed by atoms with Crippen molar-refractivity contribution in [3.63, 3.8) is 0 Å². The second kappa shape index (κ2) is 7.02. The first-order chi connectivity index (χ1) is 11.4. The summed E-state index contributed by atoms with van der Waals surface area (Å²) in [5, 5.41) is 3.31. The van der Waals surface area contributed by atoms with Gasteiger partial charge in [0, 0.05) is 13.5 Å². The van der Waals surface area contributed by atoms with E-state index >= 15 is 0 Å². The van der Waals surface area contributed by atoms with Crippen LogP contribution in [0.1, 0.15) is 45.7 Å². The van der Waals surface area contributed by atoms with E-state index in [9.17, 15) is 4.79 Å². The van der Waals surface area contributed by atoms with Gasteiger partial charge in [-0.25, -0.2) is 0 Å². The SMILES string of the molecule is CC(=O)NCC(=Cc1cc(C)c(N)c(Cl)c1)B1OC(C)(C)C(C)(C)O1. The highest BCUT2D eigenvalue weighted by Gasteiger charge is 2.52. The third-order valence-corrected chi connectivity index (χ3v) is 5.12. The van der Waals surface area contributed by atoms with Gasteiger partial charge in [0.25, 0.3) is 0 Å². The minimum atomic E-state index is -0.548. The van der Waals surface area contributed by atoms with Crippen LogP contribution in [0.2, 0.25) is 5.02 Å². The highest BCUT2D eigenvalue weighted by atomic mass is 35.5. The van der Waals surface area contributed by atoms with E-state index in [2.05, 4.69) is 5.32 Å². The monoisotopic (exact) mass is 364 g/mol. The predicted octanol–water partition coefficient (Wildman–Crippen LogP) is 3.38. The van der Waals surface area contributed by atoms with E-state index in [1.165, 1.54) is 6.92 Å². The van der Waals surface area contributed by atoms with Crippen LogP contribution in [0.15, 0.2) is 17.6 Å². The van der Waals surface area contributed by atoms with Crippen molar-refractivity contribution < 1.29 is 14.1 Å². The Balaban J connectivity index is 2.38. The Kier molecular flexibility index (Phi) is 5.57. The lowest BCUT2D eigenvalue weighted by molar-refractivity contribution is -0.118. The van der Waals surface area contributed by atoms with Gasteiger partial charge in [0.2, 0.25) is 5.91 Å². The van der Waals surface area contributed by atoms with Crippen LogP contribution in [0.4, 0.5) is 5.69 Å². The molecule has 0 aliphatic carbocycles. The maximum Gasteiger partial charge on any atom is 0.492 e. The molecule has 1 amide bonds. The first-order valence-corrected chi connectivity index (χ1v) is 8.67. The number of anilines is 1. The number of nitrogen functional groups attached to an aromatic ring is 1. The van der Waals surface area contributed by atoms with E-state index in [-0.39, 0.29) is 5.91 Å². The summed E-state index contributed by atoms with van der Waals surface area (Å²) < 4.78 is 12.2. The summed E-state index contributed by atoms with van der Waals surface area (Å²) >= 11 is 6.19. The first-order valence-electron chi connectivity index (χ1n) is 8.29. The molecule has 0 aromatic heterocycles. The zero-order chi connectivity index (χ0) is 19.0. The molecule has 0 atom stereocenters. The van der Waals surface area contributed by atoms with Gasteiger partial charge in [0.15, 0.2) is 0 Å². The van der Waals surface area contributed by atoms with E-state index in [0.717, 1.165) is 16.6 Å². The van der Waals surface area contributed by atoms with E-state index in [1.54, 1.807) is 6.07 Å². The molecule has 5 nitrogen and oxygen atoms in total. The number of nitrogens with one attached hydrogen (secondary N) is 1. The molecular weight excluding hydrogens is 338 g/mol. The molecule has 1 aliphatic heterocycles. The van der Waals surface area contributed by atoms with E-state index in [1.807, 2.05) is 46.8 Å². The third kappa shape index (κ3) is 4.38. The van der Waals surface area contributed by atoms with E-state index in [0.29, 0.717) is 17.3 Å². The van der Waals surface area contributed by atoms with Crippen LogP contribution in [0.5, 0.6) is 0 Å². The van der Waals surface area contributed by atoms with Gasteiger partial charge >= 0.3 is 7.12 Å². The van der Waals surface area contributed by atoms with Crippen molar-refractivity contribution in [2.75, 3.05) is 12.3 Å². The number of rotatable bonds is 4. The number of amides is 1. The molecule has 0 unspecified atom stereocenters. The zero-order valence-electron chi connectivity index (χ0n) is 15.7. The second-order valence-electron chi connectivity index (χ2n) is 7.45. The first kappa shape index (κ1) is 19.8. The van der Waals surface area contributed by atoms with Gasteiger partial charge in [-0.3, -0.25) is 4.79 Å². The van der Waals surface area contributed by atoms with Crippen molar-refractivity contribution in [1.82, 2.24) is 5.32 Å². The Morgan fingerprint density at radius 1 is 1.28 bits per heavy atom. The van der Waals surface area contributed by atoms with Crippen molar-refractivity contribution in [1.29, 1.82) is 0 Å². The molecule has 1 saturated heterocycles. The van der Waals surface area contributed by atoms with Crippen LogP contribution in [0, 0.1) is 6.92 Å². The minimum Gasteiger partial charge on any atom is -0.400 e. The Morgan fingerprint density at radius 3 is 2.32 bits per heavy atom. The molecule has 25 heavy (non-hydrogen) atoms. The molecule has 1 aromatic rings. The molecule has 0 radical (unpaired) electrons. The Morgan fingerprint density at radius 2 is 1.84 bits per heavy atom. The number of carbonyl (C=O) groups excluding carboxylic acids is 1. The van der Waals surface area contributed by atoms with Gasteiger partial charge in [-0.15, -0.1) is 0 Å². The number of hydrogen-bond donors (Lipinski definition) is 2. The van der Waals surface area contributed by atoms with Gasteiger partial charge in [0.1, 0.15) is 0 Å². The number of nitrogens with two attached hydrogens (primary N) is 1. The second-order valence-corrected chi connectivity index (χ2v) is 7.86. The van der Waals surface area contributed by atoms with Crippen LogP contribution in [-0.4, -0.2) is 30.8 Å². The van der Waals surface area contributed by atoms with Crippen molar-refractivity contribution in [3.8, 4) is 0 Å². The summed E-state index contributed by atoms with van der Waals surface area (Å²) in [5.74, 6) is -0.117. The molecule has 2 rings (SSSR count). The van der Waals surface area contributed by atoms with Crippen LogP contribution < -0.4 is 11.1 Å². The average Bonchev–Trinajstić information content (AvgIpc) is 2.68. The number of benzene rings is 1. The fourth-order valence-corrected chi connectivity index (χ4v) is 2.78. The highest BCUT2D eigenvalue weighted by molar-refractivity contribution is 6.56. The molecule has 3 N–H and O–H groups in total. The lowest BCUT2D eigenvalue weighted by atomic mass is 9.77. The third-order valence-electron chi connectivity index (χ3n) is 4.81. The Hall–Kier alpha value is -1.50. The lowest BCUT2D eigenvalue weighted by Crippen LogP contribution is -2.41. The zero-order valence-corrected chi connectivity index (χ0v) is 16.5. The smallest absolute Gasteiger partial charge is 0.400 e. The van der Waals surface area contributed by atoms with E-state index < -0.39 is 18.3 Å². The quantitative estimate of drug-likeness (QED) is 0.634. The van der Waals surface area contributed by atoms with Gasteiger partial charge in [-0.2, -0.15) is 0 Å². The molecule has 0 bridgehead atoms. The van der Waals surface area contributed by atoms with Crippen LogP contribution in [0.25, 0.3) is 6.08 Å². The average molecular weight is 365 g/mol. The molecule has 1 fully saturated rings. The summed E-state index contributed by atoms with van der Waals surface area (Å²) in [5.41, 5.74) is 8.16. The fraction of sp³-hybridized carbons (Fsp3) is 0.500. The van der Waals surface area contributed by atoms with Crippen molar-refractivity contribution >= 4 is 36.4 Å². The van der Waals surface area contributed by atoms with Crippen molar-refractivity contribution in [2.45, 2.75) is 52.7 Å². The number of halogens is 1. The predicted molar refractivity (Wildman–Crippen MR) is 103 cm³/mol. The maximum atomic E-state index is 11.4. The van der Waals surface area contributed by atoms with E-state index in [4.69, 9.17) is 26.6 Å². The highest BCUT2D eigenvalue weighted by Crippen LogP contribution is 2.39. The molecule has 1 aliphatic rings. The molecule has 0 saturated carbocycles. The fourth-order valence-electron chi connectivity index (χ4n) is 2.50. The summed E-state index contributed by atoms with van der Waals surface area (Å²) in [6, 6.07) is 3.74. The molecule has 0 spiro atoms. The molecular formula is C18H26BClN2O3. The lowest BCUT2D eigenvalue weighted by Gasteiger charge is -2.32. The number of hydrogen-bond acceptors (Lipinski definition) is 4. The van der Waals surface area contributed by atoms with Gasteiger partial charge in [-0.05, 0) is 63.4 Å². The van der Waals surface area contributed by atoms with Gasteiger partial charge in [-0.1, -0.05) is 17.7 Å². The topological polar surface area (TPSA) is 73.6 Å². The van der Waals surface area contributed by atoms with Crippen molar-refractivity contribution in [2.24, 2.45) is 0 Å². The maximum absolute atomic E-state index is 11.4.